The Balaban J connectivity index is 1.14. The van der Waals surface area contributed by atoms with E-state index >= 15 is 0 Å². The molecule has 0 radical (unpaired) electrons. The number of fused-ring (bicyclic) bond motifs is 1. The van der Waals surface area contributed by atoms with Crippen LogP contribution in [0.2, 0.25) is 0 Å². The van der Waals surface area contributed by atoms with Crippen molar-refractivity contribution in [3.05, 3.63) is 41.2 Å². The molecule has 1 aliphatic carbocycles. The average molecular weight is 424 g/mol. The number of aromatic nitrogens is 1. The van der Waals surface area contributed by atoms with Crippen LogP contribution < -0.4 is 14.8 Å². The summed E-state index contributed by atoms with van der Waals surface area (Å²) in [5.74, 6) is 1.53. The molecule has 3 aliphatic rings. The van der Waals surface area contributed by atoms with Gasteiger partial charge < -0.3 is 19.4 Å². The SMILES string of the molecule is Cc1cc(C(=O)CN2CCC(C(=O)Nc3ccc4c(c3)OCO4)CC2)c(C)n1C1CC1. The Morgan fingerprint density at radius 2 is 1.77 bits per heavy atom. The van der Waals surface area contributed by atoms with Crippen LogP contribution >= 0.6 is 0 Å². The predicted molar refractivity (Wildman–Crippen MR) is 117 cm³/mol. The van der Waals surface area contributed by atoms with Crippen molar-refractivity contribution in [2.75, 3.05) is 31.7 Å². The summed E-state index contributed by atoms with van der Waals surface area (Å²) in [6.07, 6.45) is 3.94. The summed E-state index contributed by atoms with van der Waals surface area (Å²) >= 11 is 0. The molecule has 1 aromatic heterocycles. The molecular weight excluding hydrogens is 394 g/mol. The quantitative estimate of drug-likeness (QED) is 0.718. The molecule has 1 N–H and O–H groups in total. The van der Waals surface area contributed by atoms with Crippen molar-refractivity contribution in [2.45, 2.75) is 45.6 Å². The van der Waals surface area contributed by atoms with E-state index in [9.17, 15) is 9.59 Å². The molecule has 7 heteroatoms. The fourth-order valence-corrected chi connectivity index (χ4v) is 4.81. The molecule has 1 amide bonds. The van der Waals surface area contributed by atoms with E-state index in [-0.39, 0.29) is 24.4 Å². The first-order valence-electron chi connectivity index (χ1n) is 11.1. The van der Waals surface area contributed by atoms with E-state index in [0.717, 1.165) is 42.9 Å². The van der Waals surface area contributed by atoms with E-state index in [2.05, 4.69) is 28.6 Å². The lowest BCUT2D eigenvalue weighted by Gasteiger charge is -2.30. The number of amides is 1. The summed E-state index contributed by atoms with van der Waals surface area (Å²) in [5, 5.41) is 2.99. The van der Waals surface area contributed by atoms with Crippen molar-refractivity contribution in [1.29, 1.82) is 0 Å². The Kier molecular flexibility index (Phi) is 5.22. The highest BCUT2D eigenvalue weighted by molar-refractivity contribution is 5.99. The molecule has 1 aromatic carbocycles. The number of nitrogens with one attached hydrogen (secondary N) is 1. The Morgan fingerprint density at radius 3 is 2.52 bits per heavy atom. The number of Topliss-reactive ketones (excluding diaryl/α,β-unsaturated/α-hetero) is 1. The number of hydrogen-bond acceptors (Lipinski definition) is 5. The van der Waals surface area contributed by atoms with Gasteiger partial charge in [0.15, 0.2) is 17.3 Å². The van der Waals surface area contributed by atoms with Crippen molar-refractivity contribution < 1.29 is 19.1 Å². The molecule has 1 saturated carbocycles. The minimum absolute atomic E-state index is 0.0258. The van der Waals surface area contributed by atoms with Gasteiger partial charge in [0.1, 0.15) is 0 Å². The highest BCUT2D eigenvalue weighted by Gasteiger charge is 2.30. The summed E-state index contributed by atoms with van der Waals surface area (Å²) < 4.78 is 13.0. The first-order valence-corrected chi connectivity index (χ1v) is 11.1. The van der Waals surface area contributed by atoms with E-state index in [1.165, 1.54) is 18.5 Å². The van der Waals surface area contributed by atoms with Crippen LogP contribution in [0, 0.1) is 19.8 Å². The number of piperidine rings is 1. The summed E-state index contributed by atoms with van der Waals surface area (Å²) in [4.78, 5) is 27.8. The van der Waals surface area contributed by atoms with Crippen molar-refractivity contribution in [3.63, 3.8) is 0 Å². The van der Waals surface area contributed by atoms with Crippen molar-refractivity contribution in [2.24, 2.45) is 5.92 Å². The normalized spacial score (nSPS) is 18.9. The fraction of sp³-hybridized carbons (Fsp3) is 0.500. The third kappa shape index (κ3) is 4.06. The standard InChI is InChI=1S/C24H29N3O4/c1-15-11-20(16(2)27(15)19-4-5-19)21(28)13-26-9-7-17(8-10-26)24(29)25-18-3-6-22-23(12-18)31-14-30-22/h3,6,11-12,17,19H,4-5,7-10,13-14H2,1-2H3,(H,25,29). The average Bonchev–Trinajstić information content (AvgIpc) is 3.39. The molecule has 0 unspecified atom stereocenters. The lowest BCUT2D eigenvalue weighted by molar-refractivity contribution is -0.121. The van der Waals surface area contributed by atoms with Gasteiger partial charge in [0.25, 0.3) is 0 Å². The number of nitrogens with zero attached hydrogens (tertiary/aromatic N) is 2. The van der Waals surface area contributed by atoms with E-state index in [4.69, 9.17) is 9.47 Å². The third-order valence-electron chi connectivity index (χ3n) is 6.66. The van der Waals surface area contributed by atoms with Gasteiger partial charge in [-0.25, -0.2) is 0 Å². The molecule has 31 heavy (non-hydrogen) atoms. The summed E-state index contributed by atoms with van der Waals surface area (Å²) in [6, 6.07) is 8.07. The van der Waals surface area contributed by atoms with Gasteiger partial charge in [0, 0.05) is 40.7 Å². The number of ketones is 1. The zero-order valence-corrected chi connectivity index (χ0v) is 18.1. The zero-order chi connectivity index (χ0) is 21.5. The Bertz CT molecular complexity index is 1020. The second kappa shape index (κ2) is 8.04. The van der Waals surface area contributed by atoms with Crippen LogP contribution in [0.25, 0.3) is 0 Å². The van der Waals surface area contributed by atoms with Gasteiger partial charge in [-0.3, -0.25) is 14.5 Å². The van der Waals surface area contributed by atoms with Crippen LogP contribution in [0.4, 0.5) is 5.69 Å². The number of rotatable bonds is 6. The third-order valence-corrected chi connectivity index (χ3v) is 6.66. The maximum atomic E-state index is 12.9. The highest BCUT2D eigenvalue weighted by Crippen LogP contribution is 2.38. The van der Waals surface area contributed by atoms with Crippen LogP contribution in [-0.4, -0.2) is 47.6 Å². The van der Waals surface area contributed by atoms with E-state index in [1.807, 2.05) is 18.2 Å². The Morgan fingerprint density at radius 1 is 1.03 bits per heavy atom. The molecule has 2 aliphatic heterocycles. The minimum Gasteiger partial charge on any atom is -0.454 e. The number of carbonyl (C=O) groups is 2. The first kappa shape index (κ1) is 20.1. The summed E-state index contributed by atoms with van der Waals surface area (Å²) in [6.45, 7) is 6.30. The fourth-order valence-electron chi connectivity index (χ4n) is 4.81. The molecule has 2 fully saturated rings. The number of benzene rings is 1. The van der Waals surface area contributed by atoms with Gasteiger partial charge in [-0.1, -0.05) is 0 Å². The summed E-state index contributed by atoms with van der Waals surface area (Å²) in [5.41, 5.74) is 3.86. The smallest absolute Gasteiger partial charge is 0.231 e. The number of carbonyl (C=O) groups excluding carboxylic acids is 2. The molecule has 0 spiro atoms. The number of likely N-dealkylation sites (tertiary alicyclic amines) is 1. The number of anilines is 1. The summed E-state index contributed by atoms with van der Waals surface area (Å²) in [7, 11) is 0. The van der Waals surface area contributed by atoms with Crippen LogP contribution in [-0.2, 0) is 4.79 Å². The molecule has 2 aromatic rings. The molecule has 0 bridgehead atoms. The predicted octanol–water partition coefficient (Wildman–Crippen LogP) is 3.70. The lowest BCUT2D eigenvalue weighted by atomic mass is 9.95. The zero-order valence-electron chi connectivity index (χ0n) is 18.1. The number of ether oxygens (including phenoxy) is 2. The maximum absolute atomic E-state index is 12.9. The van der Waals surface area contributed by atoms with Gasteiger partial charge in [-0.15, -0.1) is 0 Å². The van der Waals surface area contributed by atoms with Crippen LogP contribution in [0.3, 0.4) is 0 Å². The van der Waals surface area contributed by atoms with Crippen LogP contribution in [0.1, 0.15) is 53.5 Å². The van der Waals surface area contributed by atoms with Gasteiger partial charge in [0.05, 0.1) is 6.54 Å². The monoisotopic (exact) mass is 423 g/mol. The van der Waals surface area contributed by atoms with Crippen molar-refractivity contribution >= 4 is 17.4 Å². The van der Waals surface area contributed by atoms with Gasteiger partial charge in [0.2, 0.25) is 12.7 Å². The van der Waals surface area contributed by atoms with Gasteiger partial charge >= 0.3 is 0 Å². The minimum atomic E-state index is -0.0447. The molecule has 164 valence electrons. The molecular formula is C24H29N3O4. The largest absolute Gasteiger partial charge is 0.454 e. The Hall–Kier alpha value is -2.80. The number of hydrogen-bond donors (Lipinski definition) is 1. The number of aryl methyl sites for hydroxylation is 1. The van der Waals surface area contributed by atoms with Crippen LogP contribution in [0.5, 0.6) is 11.5 Å². The molecule has 7 nitrogen and oxygen atoms in total. The molecule has 3 heterocycles. The van der Waals surface area contributed by atoms with Gasteiger partial charge in [-0.05, 0) is 70.8 Å². The molecule has 5 rings (SSSR count). The maximum Gasteiger partial charge on any atom is 0.231 e. The van der Waals surface area contributed by atoms with E-state index in [0.29, 0.717) is 24.1 Å². The Labute approximate surface area is 182 Å². The first-order chi connectivity index (χ1) is 15.0. The van der Waals surface area contributed by atoms with Crippen molar-refractivity contribution in [3.8, 4) is 11.5 Å². The lowest BCUT2D eigenvalue weighted by Crippen LogP contribution is -2.40. The highest BCUT2D eigenvalue weighted by atomic mass is 16.7. The second-order valence-corrected chi connectivity index (χ2v) is 8.92. The van der Waals surface area contributed by atoms with E-state index in [1.54, 1.807) is 6.07 Å². The topological polar surface area (TPSA) is 72.8 Å². The van der Waals surface area contributed by atoms with Crippen molar-refractivity contribution in [1.82, 2.24) is 9.47 Å². The molecule has 1 saturated heterocycles. The van der Waals surface area contributed by atoms with E-state index < -0.39 is 0 Å². The second-order valence-electron chi connectivity index (χ2n) is 8.92. The van der Waals surface area contributed by atoms with Crippen LogP contribution in [0.15, 0.2) is 24.3 Å². The molecule has 0 atom stereocenters. The van der Waals surface area contributed by atoms with Gasteiger partial charge in [-0.2, -0.15) is 0 Å².